The minimum atomic E-state index is 0.281. The first-order valence-electron chi connectivity index (χ1n) is 7.05. The lowest BCUT2D eigenvalue weighted by Crippen LogP contribution is -2.44. The molecule has 0 unspecified atom stereocenters. The minimum Gasteiger partial charge on any atom is -0.396 e. The van der Waals surface area contributed by atoms with Gasteiger partial charge >= 0.3 is 0 Å². The molecule has 0 amide bonds. The summed E-state index contributed by atoms with van der Waals surface area (Å²) < 4.78 is 0. The van der Waals surface area contributed by atoms with Gasteiger partial charge in [-0.25, -0.2) is 9.97 Å². The van der Waals surface area contributed by atoms with E-state index >= 15 is 0 Å². The molecule has 1 N–H and O–H groups in total. The van der Waals surface area contributed by atoms with Crippen molar-refractivity contribution in [3.8, 4) is 0 Å². The first-order chi connectivity index (χ1) is 9.20. The average molecular weight is 264 g/mol. The second kappa shape index (κ2) is 6.82. The quantitative estimate of drug-likeness (QED) is 0.862. The van der Waals surface area contributed by atoms with Crippen molar-refractivity contribution in [2.45, 2.75) is 32.2 Å². The molecule has 0 spiro atoms. The maximum atomic E-state index is 8.88. The highest BCUT2D eigenvalue weighted by molar-refractivity contribution is 5.39. The summed E-state index contributed by atoms with van der Waals surface area (Å²) in [4.78, 5) is 13.2. The summed E-state index contributed by atoms with van der Waals surface area (Å²) in [5.74, 6) is 1.05. The third kappa shape index (κ3) is 3.88. The molecule has 1 aliphatic rings. The lowest BCUT2D eigenvalue weighted by molar-refractivity contribution is 0.184. The number of nitrogens with zero attached hydrogens (tertiary/aromatic N) is 4. The number of anilines is 1. The van der Waals surface area contributed by atoms with Gasteiger partial charge in [-0.1, -0.05) is 0 Å². The van der Waals surface area contributed by atoms with E-state index in [2.05, 4.69) is 32.9 Å². The molecule has 2 rings (SSSR count). The van der Waals surface area contributed by atoms with Crippen molar-refractivity contribution in [1.29, 1.82) is 0 Å². The molecule has 0 aliphatic carbocycles. The van der Waals surface area contributed by atoms with Gasteiger partial charge < -0.3 is 14.9 Å². The number of rotatable bonds is 5. The summed E-state index contributed by atoms with van der Waals surface area (Å²) in [6.45, 7) is 5.35. The summed E-state index contributed by atoms with van der Waals surface area (Å²) in [7, 11) is 2.16. The van der Waals surface area contributed by atoms with Crippen molar-refractivity contribution in [2.75, 3.05) is 38.2 Å². The Morgan fingerprint density at radius 2 is 2.11 bits per heavy atom. The van der Waals surface area contributed by atoms with Gasteiger partial charge in [0, 0.05) is 44.0 Å². The second-order valence-electron chi connectivity index (χ2n) is 5.29. The van der Waals surface area contributed by atoms with Crippen LogP contribution >= 0.6 is 0 Å². The number of piperidine rings is 1. The fraction of sp³-hybridized carbons (Fsp3) is 0.714. The molecule has 0 bridgehead atoms. The predicted octanol–water partition coefficient (Wildman–Crippen LogP) is 1.07. The fourth-order valence-corrected chi connectivity index (χ4v) is 2.65. The van der Waals surface area contributed by atoms with E-state index in [1.54, 1.807) is 6.33 Å². The molecular weight excluding hydrogens is 240 g/mol. The monoisotopic (exact) mass is 264 g/mol. The van der Waals surface area contributed by atoms with Gasteiger partial charge in [-0.3, -0.25) is 0 Å². The van der Waals surface area contributed by atoms with E-state index in [-0.39, 0.29) is 6.61 Å². The van der Waals surface area contributed by atoms with E-state index in [0.717, 1.165) is 50.4 Å². The topological polar surface area (TPSA) is 52.5 Å². The van der Waals surface area contributed by atoms with Crippen LogP contribution in [0.4, 0.5) is 5.82 Å². The van der Waals surface area contributed by atoms with Gasteiger partial charge in [-0.15, -0.1) is 0 Å². The third-order valence-corrected chi connectivity index (χ3v) is 3.87. The summed E-state index contributed by atoms with van der Waals surface area (Å²) >= 11 is 0. The molecular formula is C14H24N4O. The Labute approximate surface area is 115 Å². The molecule has 0 atom stereocenters. The summed E-state index contributed by atoms with van der Waals surface area (Å²) in [6.07, 6.45) is 4.82. The van der Waals surface area contributed by atoms with Gasteiger partial charge in [0.15, 0.2) is 0 Å². The Hall–Kier alpha value is -1.20. The molecule has 5 nitrogen and oxygen atoms in total. The van der Waals surface area contributed by atoms with Crippen molar-refractivity contribution in [2.24, 2.45) is 0 Å². The minimum absolute atomic E-state index is 0.281. The maximum absolute atomic E-state index is 8.88. The van der Waals surface area contributed by atoms with Crippen LogP contribution in [0.1, 0.15) is 25.0 Å². The number of aliphatic hydroxyl groups is 1. The van der Waals surface area contributed by atoms with Crippen molar-refractivity contribution in [3.63, 3.8) is 0 Å². The standard InChI is InChI=1S/C14H24N4O/c1-12-10-14(16-11-15-12)18-7-4-13(5-8-18)17(2)6-3-9-19/h10-11,13,19H,3-9H2,1-2H3. The molecule has 2 heterocycles. The van der Waals surface area contributed by atoms with Gasteiger partial charge in [0.05, 0.1) is 0 Å². The first kappa shape index (κ1) is 14.2. The third-order valence-electron chi connectivity index (χ3n) is 3.87. The molecule has 1 aliphatic heterocycles. The molecule has 1 saturated heterocycles. The molecule has 5 heteroatoms. The fourth-order valence-electron chi connectivity index (χ4n) is 2.65. The van der Waals surface area contributed by atoms with Crippen LogP contribution in [-0.2, 0) is 0 Å². The average Bonchev–Trinajstić information content (AvgIpc) is 2.45. The summed E-state index contributed by atoms with van der Waals surface area (Å²) in [5.41, 5.74) is 1.02. The van der Waals surface area contributed by atoms with E-state index in [9.17, 15) is 0 Å². The van der Waals surface area contributed by atoms with Gasteiger partial charge in [-0.2, -0.15) is 0 Å². The second-order valence-corrected chi connectivity index (χ2v) is 5.29. The van der Waals surface area contributed by atoms with E-state index in [1.807, 2.05) is 6.92 Å². The van der Waals surface area contributed by atoms with Crippen molar-refractivity contribution < 1.29 is 5.11 Å². The SMILES string of the molecule is Cc1cc(N2CCC(N(C)CCCO)CC2)ncn1. The molecule has 19 heavy (non-hydrogen) atoms. The number of aliphatic hydroxyl groups excluding tert-OH is 1. The van der Waals surface area contributed by atoms with Crippen molar-refractivity contribution in [3.05, 3.63) is 18.1 Å². The zero-order valence-corrected chi connectivity index (χ0v) is 11.9. The molecule has 1 aromatic rings. The molecule has 1 aromatic heterocycles. The molecule has 0 radical (unpaired) electrons. The largest absolute Gasteiger partial charge is 0.396 e. The molecule has 1 fully saturated rings. The Morgan fingerprint density at radius 1 is 1.37 bits per heavy atom. The Kier molecular flexibility index (Phi) is 5.10. The number of hydrogen-bond acceptors (Lipinski definition) is 5. The lowest BCUT2D eigenvalue weighted by Gasteiger charge is -2.37. The first-order valence-corrected chi connectivity index (χ1v) is 7.05. The van der Waals surface area contributed by atoms with E-state index < -0.39 is 0 Å². The van der Waals surface area contributed by atoms with E-state index in [1.165, 1.54) is 0 Å². The van der Waals surface area contributed by atoms with Crippen LogP contribution in [0.15, 0.2) is 12.4 Å². The highest BCUT2D eigenvalue weighted by atomic mass is 16.3. The van der Waals surface area contributed by atoms with Crippen LogP contribution in [0.5, 0.6) is 0 Å². The van der Waals surface area contributed by atoms with Crippen LogP contribution in [0.25, 0.3) is 0 Å². The van der Waals surface area contributed by atoms with Gasteiger partial charge in [0.25, 0.3) is 0 Å². The highest BCUT2D eigenvalue weighted by Gasteiger charge is 2.22. The summed E-state index contributed by atoms with van der Waals surface area (Å²) in [6, 6.07) is 2.68. The Morgan fingerprint density at radius 3 is 2.74 bits per heavy atom. The van der Waals surface area contributed by atoms with E-state index in [4.69, 9.17) is 5.11 Å². The number of hydrogen-bond donors (Lipinski definition) is 1. The molecule has 0 saturated carbocycles. The molecule has 0 aromatic carbocycles. The van der Waals surface area contributed by atoms with Crippen molar-refractivity contribution in [1.82, 2.24) is 14.9 Å². The summed E-state index contributed by atoms with van der Waals surface area (Å²) in [5, 5.41) is 8.88. The maximum Gasteiger partial charge on any atom is 0.132 e. The predicted molar refractivity (Wildman–Crippen MR) is 76.3 cm³/mol. The van der Waals surface area contributed by atoms with Crippen LogP contribution in [0, 0.1) is 6.92 Å². The highest BCUT2D eigenvalue weighted by Crippen LogP contribution is 2.20. The lowest BCUT2D eigenvalue weighted by atomic mass is 10.0. The zero-order valence-electron chi connectivity index (χ0n) is 11.9. The van der Waals surface area contributed by atoms with Crippen molar-refractivity contribution >= 4 is 5.82 Å². The normalized spacial score (nSPS) is 17.2. The Balaban J connectivity index is 1.85. The van der Waals surface area contributed by atoms with Crippen LogP contribution in [0.3, 0.4) is 0 Å². The number of aryl methyl sites for hydroxylation is 1. The van der Waals surface area contributed by atoms with Gasteiger partial charge in [-0.05, 0) is 33.2 Å². The van der Waals surface area contributed by atoms with Crippen LogP contribution in [-0.4, -0.2) is 59.3 Å². The molecule has 106 valence electrons. The van der Waals surface area contributed by atoms with E-state index in [0.29, 0.717) is 6.04 Å². The zero-order chi connectivity index (χ0) is 13.7. The van der Waals surface area contributed by atoms with Crippen LogP contribution in [0.2, 0.25) is 0 Å². The van der Waals surface area contributed by atoms with Gasteiger partial charge in [0.1, 0.15) is 12.1 Å². The van der Waals surface area contributed by atoms with Gasteiger partial charge in [0.2, 0.25) is 0 Å². The van der Waals surface area contributed by atoms with Crippen LogP contribution < -0.4 is 4.90 Å². The smallest absolute Gasteiger partial charge is 0.132 e. The number of aromatic nitrogens is 2. The Bertz CT molecular complexity index is 391.